The highest BCUT2D eigenvalue weighted by Gasteiger charge is 2.32. The quantitative estimate of drug-likeness (QED) is 0.586. The summed E-state index contributed by atoms with van der Waals surface area (Å²) < 4.78 is 43.7. The number of aromatic nitrogens is 2. The SMILES string of the molecule is COc1cccc(N2CCN(S(=O)(=O)c3cc(-c4nnc(C(C)C)o4)co3)CC2)c1. The van der Waals surface area contributed by atoms with E-state index in [0.717, 1.165) is 11.4 Å². The molecule has 0 aliphatic carbocycles. The lowest BCUT2D eigenvalue weighted by atomic mass is 10.2. The van der Waals surface area contributed by atoms with Crippen molar-refractivity contribution in [2.75, 3.05) is 38.2 Å². The Hall–Kier alpha value is -2.85. The number of anilines is 1. The Kier molecular flexibility index (Phi) is 5.52. The molecular weight excluding hydrogens is 408 g/mol. The van der Waals surface area contributed by atoms with Crippen LogP contribution in [0.15, 0.2) is 50.5 Å². The predicted molar refractivity (Wildman–Crippen MR) is 110 cm³/mol. The highest BCUT2D eigenvalue weighted by atomic mass is 32.2. The zero-order chi connectivity index (χ0) is 21.3. The summed E-state index contributed by atoms with van der Waals surface area (Å²) in [4.78, 5) is 2.13. The van der Waals surface area contributed by atoms with Gasteiger partial charge in [-0.25, -0.2) is 8.42 Å². The molecule has 0 saturated carbocycles. The van der Waals surface area contributed by atoms with Crippen molar-refractivity contribution in [2.45, 2.75) is 24.9 Å². The molecule has 4 rings (SSSR count). The van der Waals surface area contributed by atoms with E-state index in [1.807, 2.05) is 38.1 Å². The molecule has 0 N–H and O–H groups in total. The van der Waals surface area contributed by atoms with E-state index < -0.39 is 10.0 Å². The average Bonchev–Trinajstić information content (AvgIpc) is 3.44. The first kappa shape index (κ1) is 20.4. The standard InChI is InChI=1S/C20H24N4O5S/c1-14(2)19-21-22-20(29-19)15-11-18(28-13-15)30(25,26)24-9-7-23(8-10-24)16-5-4-6-17(12-16)27-3/h4-6,11-14H,7-10H2,1-3H3. The number of rotatable bonds is 6. The van der Waals surface area contributed by atoms with E-state index >= 15 is 0 Å². The van der Waals surface area contributed by atoms with Gasteiger partial charge in [0.1, 0.15) is 12.0 Å². The molecule has 1 aromatic carbocycles. The fourth-order valence-corrected chi connectivity index (χ4v) is 4.61. The normalized spacial score (nSPS) is 15.7. The van der Waals surface area contributed by atoms with Gasteiger partial charge in [0.25, 0.3) is 15.9 Å². The molecule has 1 fully saturated rings. The molecule has 10 heteroatoms. The van der Waals surface area contributed by atoms with Gasteiger partial charge in [0.2, 0.25) is 11.0 Å². The molecule has 0 amide bonds. The lowest BCUT2D eigenvalue weighted by Gasteiger charge is -2.35. The van der Waals surface area contributed by atoms with Gasteiger partial charge in [-0.1, -0.05) is 19.9 Å². The molecule has 0 bridgehead atoms. The minimum Gasteiger partial charge on any atom is -0.497 e. The monoisotopic (exact) mass is 432 g/mol. The number of hydrogen-bond donors (Lipinski definition) is 0. The molecule has 3 heterocycles. The summed E-state index contributed by atoms with van der Waals surface area (Å²) in [7, 11) is -2.13. The summed E-state index contributed by atoms with van der Waals surface area (Å²) in [5, 5.41) is 7.81. The molecule has 0 atom stereocenters. The topological polar surface area (TPSA) is 102 Å². The van der Waals surface area contributed by atoms with E-state index in [1.165, 1.54) is 16.6 Å². The van der Waals surface area contributed by atoms with Crippen molar-refractivity contribution in [1.29, 1.82) is 0 Å². The third-order valence-electron chi connectivity index (χ3n) is 5.01. The summed E-state index contributed by atoms with van der Waals surface area (Å²) in [6.45, 7) is 5.73. The molecule has 30 heavy (non-hydrogen) atoms. The third-order valence-corrected chi connectivity index (χ3v) is 6.78. The molecule has 0 spiro atoms. The van der Waals surface area contributed by atoms with E-state index in [-0.39, 0.29) is 16.9 Å². The summed E-state index contributed by atoms with van der Waals surface area (Å²) in [6.07, 6.45) is 1.33. The van der Waals surface area contributed by atoms with Gasteiger partial charge >= 0.3 is 0 Å². The second-order valence-electron chi connectivity index (χ2n) is 7.35. The molecule has 3 aromatic rings. The number of ether oxygens (including phenoxy) is 1. The Balaban J connectivity index is 1.46. The van der Waals surface area contributed by atoms with Crippen LogP contribution in [0.5, 0.6) is 5.75 Å². The summed E-state index contributed by atoms with van der Waals surface area (Å²) >= 11 is 0. The highest BCUT2D eigenvalue weighted by Crippen LogP contribution is 2.28. The van der Waals surface area contributed by atoms with Crippen LogP contribution in [-0.2, 0) is 10.0 Å². The van der Waals surface area contributed by atoms with Gasteiger partial charge in [0.15, 0.2) is 0 Å². The van der Waals surface area contributed by atoms with Crippen LogP contribution in [0.25, 0.3) is 11.5 Å². The van der Waals surface area contributed by atoms with E-state index in [0.29, 0.717) is 37.6 Å². The summed E-state index contributed by atoms with van der Waals surface area (Å²) in [5.74, 6) is 1.59. The Morgan fingerprint density at radius 1 is 1.10 bits per heavy atom. The maximum Gasteiger partial charge on any atom is 0.276 e. The summed E-state index contributed by atoms with van der Waals surface area (Å²) in [6, 6.07) is 9.16. The minimum atomic E-state index is -3.75. The number of nitrogens with zero attached hydrogens (tertiary/aromatic N) is 4. The number of methoxy groups -OCH3 is 1. The van der Waals surface area contributed by atoms with Crippen molar-refractivity contribution in [1.82, 2.24) is 14.5 Å². The number of piperazine rings is 1. The number of benzene rings is 1. The van der Waals surface area contributed by atoms with Crippen LogP contribution in [0, 0.1) is 0 Å². The minimum absolute atomic E-state index is 0.0854. The fourth-order valence-electron chi connectivity index (χ4n) is 3.27. The summed E-state index contributed by atoms with van der Waals surface area (Å²) in [5.41, 5.74) is 1.45. The molecule has 1 saturated heterocycles. The second kappa shape index (κ2) is 8.11. The molecule has 0 unspecified atom stereocenters. The van der Waals surface area contributed by atoms with Gasteiger partial charge in [-0.05, 0) is 12.1 Å². The van der Waals surface area contributed by atoms with Crippen LogP contribution in [0.1, 0.15) is 25.7 Å². The third kappa shape index (κ3) is 3.92. The molecule has 1 aliphatic rings. The second-order valence-corrected chi connectivity index (χ2v) is 9.22. The van der Waals surface area contributed by atoms with Crippen molar-refractivity contribution < 1.29 is 22.0 Å². The molecule has 0 radical (unpaired) electrons. The van der Waals surface area contributed by atoms with E-state index in [9.17, 15) is 8.42 Å². The van der Waals surface area contributed by atoms with Gasteiger partial charge in [0, 0.05) is 49.9 Å². The van der Waals surface area contributed by atoms with Gasteiger partial charge in [-0.2, -0.15) is 4.31 Å². The Bertz CT molecular complexity index is 1110. The largest absolute Gasteiger partial charge is 0.497 e. The Morgan fingerprint density at radius 2 is 1.87 bits per heavy atom. The maximum absolute atomic E-state index is 13.0. The predicted octanol–water partition coefficient (Wildman–Crippen LogP) is 2.97. The number of furan rings is 1. The number of hydrogen-bond acceptors (Lipinski definition) is 8. The number of sulfonamides is 1. The van der Waals surface area contributed by atoms with Gasteiger partial charge < -0.3 is 18.5 Å². The van der Waals surface area contributed by atoms with Crippen LogP contribution >= 0.6 is 0 Å². The zero-order valence-electron chi connectivity index (χ0n) is 17.1. The first-order valence-corrected chi connectivity index (χ1v) is 11.1. The van der Waals surface area contributed by atoms with Crippen LogP contribution in [0.3, 0.4) is 0 Å². The fraction of sp³-hybridized carbons (Fsp3) is 0.400. The molecular formula is C20H24N4O5S. The van der Waals surface area contributed by atoms with E-state index in [2.05, 4.69) is 15.1 Å². The van der Waals surface area contributed by atoms with Gasteiger partial charge in [-0.3, -0.25) is 0 Å². The van der Waals surface area contributed by atoms with Crippen molar-refractivity contribution in [3.63, 3.8) is 0 Å². The molecule has 2 aromatic heterocycles. The van der Waals surface area contributed by atoms with Crippen molar-refractivity contribution >= 4 is 15.7 Å². The Labute approximate surface area is 175 Å². The first-order chi connectivity index (χ1) is 14.4. The van der Waals surface area contributed by atoms with Crippen LogP contribution in [-0.4, -0.2) is 56.2 Å². The molecule has 1 aliphatic heterocycles. The molecule has 160 valence electrons. The van der Waals surface area contributed by atoms with Gasteiger partial charge in [-0.15, -0.1) is 10.2 Å². The Morgan fingerprint density at radius 3 is 2.53 bits per heavy atom. The van der Waals surface area contributed by atoms with Gasteiger partial charge in [0.05, 0.1) is 12.7 Å². The van der Waals surface area contributed by atoms with Crippen molar-refractivity contribution in [3.05, 3.63) is 42.5 Å². The van der Waals surface area contributed by atoms with E-state index in [1.54, 1.807) is 7.11 Å². The van der Waals surface area contributed by atoms with E-state index in [4.69, 9.17) is 13.6 Å². The smallest absolute Gasteiger partial charge is 0.276 e. The lowest BCUT2D eigenvalue weighted by Crippen LogP contribution is -2.48. The zero-order valence-corrected chi connectivity index (χ0v) is 17.9. The van der Waals surface area contributed by atoms with Crippen LogP contribution in [0.4, 0.5) is 5.69 Å². The highest BCUT2D eigenvalue weighted by molar-refractivity contribution is 7.89. The average molecular weight is 433 g/mol. The molecule has 9 nitrogen and oxygen atoms in total. The van der Waals surface area contributed by atoms with Crippen LogP contribution < -0.4 is 9.64 Å². The van der Waals surface area contributed by atoms with Crippen LogP contribution in [0.2, 0.25) is 0 Å². The van der Waals surface area contributed by atoms with Crippen molar-refractivity contribution in [3.8, 4) is 17.2 Å². The maximum atomic E-state index is 13.0. The van der Waals surface area contributed by atoms with Crippen molar-refractivity contribution in [2.24, 2.45) is 0 Å². The first-order valence-electron chi connectivity index (χ1n) is 9.70. The lowest BCUT2D eigenvalue weighted by molar-refractivity contribution is 0.361.